The molecule has 0 bridgehead atoms. The van der Waals surface area contributed by atoms with Crippen LogP contribution in [0, 0.1) is 12.7 Å². The third kappa shape index (κ3) is 5.44. The van der Waals surface area contributed by atoms with Crippen molar-refractivity contribution >= 4 is 17.6 Å². The minimum Gasteiger partial charge on any atom is -0.453 e. The highest BCUT2D eigenvalue weighted by atomic mass is 19.1. The first-order valence-corrected chi connectivity index (χ1v) is 8.93. The third-order valence-electron chi connectivity index (χ3n) is 4.02. The van der Waals surface area contributed by atoms with Crippen LogP contribution in [-0.4, -0.2) is 33.1 Å². The molecule has 1 amide bonds. The zero-order valence-corrected chi connectivity index (χ0v) is 15.9. The molecule has 29 heavy (non-hydrogen) atoms. The lowest BCUT2D eigenvalue weighted by molar-refractivity contribution is -0.153. The number of nitrogens with one attached hydrogen (secondary N) is 1. The van der Waals surface area contributed by atoms with Crippen LogP contribution >= 0.6 is 0 Å². The van der Waals surface area contributed by atoms with Crippen LogP contribution < -0.4 is 5.32 Å². The highest BCUT2D eigenvalue weighted by molar-refractivity contribution is 5.95. The highest BCUT2D eigenvalue weighted by Crippen LogP contribution is 2.15. The van der Waals surface area contributed by atoms with Crippen molar-refractivity contribution < 1.29 is 23.2 Å². The summed E-state index contributed by atoms with van der Waals surface area (Å²) in [5, 5.41) is 6.32. The van der Waals surface area contributed by atoms with E-state index in [4.69, 9.17) is 9.26 Å². The minimum absolute atomic E-state index is 0.0410. The highest BCUT2D eigenvalue weighted by Gasteiger charge is 2.19. The molecule has 1 unspecified atom stereocenters. The molecule has 2 heterocycles. The number of nitrogens with zero attached hydrogens (tertiary/aromatic N) is 3. The summed E-state index contributed by atoms with van der Waals surface area (Å²) in [5.74, 6) is -1.00. The van der Waals surface area contributed by atoms with Crippen molar-refractivity contribution in [2.45, 2.75) is 32.8 Å². The molecule has 3 aromatic rings. The van der Waals surface area contributed by atoms with Crippen molar-refractivity contribution in [1.82, 2.24) is 15.1 Å². The zero-order chi connectivity index (χ0) is 20.8. The van der Waals surface area contributed by atoms with E-state index in [9.17, 15) is 14.0 Å². The number of carbonyl (C=O) groups is 2. The molecule has 0 fully saturated rings. The summed E-state index contributed by atoms with van der Waals surface area (Å²) >= 11 is 0. The first-order chi connectivity index (χ1) is 13.9. The number of aromatic nitrogens is 3. The second-order valence-electron chi connectivity index (χ2n) is 6.31. The van der Waals surface area contributed by atoms with Crippen LogP contribution in [0.3, 0.4) is 0 Å². The maximum Gasteiger partial charge on any atom is 0.307 e. The average molecular weight is 398 g/mol. The second-order valence-corrected chi connectivity index (χ2v) is 6.31. The molecule has 9 heteroatoms. The topological polar surface area (TPSA) is 107 Å². The van der Waals surface area contributed by atoms with Gasteiger partial charge >= 0.3 is 5.97 Å². The van der Waals surface area contributed by atoms with Crippen LogP contribution in [0.2, 0.25) is 0 Å². The summed E-state index contributed by atoms with van der Waals surface area (Å²) in [5.41, 5.74) is 1.31. The Bertz CT molecular complexity index is 1010. The van der Waals surface area contributed by atoms with Gasteiger partial charge in [-0.15, -0.1) is 0 Å². The number of aryl methyl sites for hydroxylation is 2. The fourth-order valence-corrected chi connectivity index (χ4v) is 2.39. The summed E-state index contributed by atoms with van der Waals surface area (Å²) in [4.78, 5) is 32.4. The van der Waals surface area contributed by atoms with Crippen LogP contribution in [0.25, 0.3) is 11.5 Å². The molecule has 2 aromatic heterocycles. The van der Waals surface area contributed by atoms with Gasteiger partial charge in [0, 0.05) is 18.3 Å². The molecule has 150 valence electrons. The quantitative estimate of drug-likeness (QED) is 0.610. The van der Waals surface area contributed by atoms with E-state index in [1.807, 2.05) is 0 Å². The molecular weight excluding hydrogens is 379 g/mol. The number of esters is 1. The number of rotatable bonds is 7. The Labute approximate surface area is 166 Å². The predicted octanol–water partition coefficient (Wildman–Crippen LogP) is 3.08. The largest absolute Gasteiger partial charge is 0.453 e. The molecule has 1 aromatic carbocycles. The Morgan fingerprint density at radius 3 is 2.83 bits per heavy atom. The van der Waals surface area contributed by atoms with Crippen LogP contribution in [0.4, 0.5) is 10.1 Å². The number of carbonyl (C=O) groups excluding carboxylic acids is 2. The minimum atomic E-state index is -1.04. The van der Waals surface area contributed by atoms with E-state index in [2.05, 4.69) is 20.4 Å². The van der Waals surface area contributed by atoms with E-state index in [1.165, 1.54) is 13.0 Å². The number of pyridine rings is 1. The smallest absolute Gasteiger partial charge is 0.307 e. The molecule has 0 aliphatic carbocycles. The maximum atomic E-state index is 13.6. The molecule has 8 nitrogen and oxygen atoms in total. The lowest BCUT2D eigenvalue weighted by Crippen LogP contribution is -2.30. The van der Waals surface area contributed by atoms with Gasteiger partial charge in [-0.2, -0.15) is 4.98 Å². The Morgan fingerprint density at radius 1 is 1.28 bits per heavy atom. The summed E-state index contributed by atoms with van der Waals surface area (Å²) in [6, 6.07) is 9.63. The fraction of sp³-hybridized carbons (Fsp3) is 0.250. The van der Waals surface area contributed by atoms with Crippen LogP contribution in [0.1, 0.15) is 24.8 Å². The molecule has 0 spiro atoms. The number of hydrogen-bond donors (Lipinski definition) is 1. The van der Waals surface area contributed by atoms with E-state index in [0.29, 0.717) is 17.1 Å². The molecule has 0 aliphatic heterocycles. The predicted molar refractivity (Wildman–Crippen MR) is 101 cm³/mol. The molecular formula is C20H19FN4O4. The van der Waals surface area contributed by atoms with Gasteiger partial charge in [-0.25, -0.2) is 4.39 Å². The molecule has 0 saturated carbocycles. The number of halogens is 1. The van der Waals surface area contributed by atoms with E-state index in [1.54, 1.807) is 43.5 Å². The lowest BCUT2D eigenvalue weighted by Gasteiger charge is -2.13. The molecule has 3 rings (SSSR count). The van der Waals surface area contributed by atoms with Crippen molar-refractivity contribution in [2.75, 3.05) is 5.32 Å². The van der Waals surface area contributed by atoms with Crippen LogP contribution in [0.15, 0.2) is 47.1 Å². The van der Waals surface area contributed by atoms with Crippen molar-refractivity contribution in [1.29, 1.82) is 0 Å². The summed E-state index contributed by atoms with van der Waals surface area (Å²) in [6.45, 7) is 3.05. The van der Waals surface area contributed by atoms with Gasteiger partial charge in [0.15, 0.2) is 6.10 Å². The average Bonchev–Trinajstić information content (AvgIpc) is 3.19. The van der Waals surface area contributed by atoms with Gasteiger partial charge in [0.05, 0.1) is 6.42 Å². The van der Waals surface area contributed by atoms with Crippen molar-refractivity contribution in [3.8, 4) is 11.5 Å². The lowest BCUT2D eigenvalue weighted by atomic mass is 10.2. The van der Waals surface area contributed by atoms with Crippen molar-refractivity contribution in [3.63, 3.8) is 0 Å². The summed E-state index contributed by atoms with van der Waals surface area (Å²) in [7, 11) is 0. The second kappa shape index (κ2) is 9.05. The van der Waals surface area contributed by atoms with E-state index < -0.39 is 23.8 Å². The SMILES string of the molecule is Cc1ccc(NC(=O)C(C)OC(=O)CCc2nc(-c3ccccn3)no2)cc1F. The van der Waals surface area contributed by atoms with Crippen molar-refractivity contribution in [2.24, 2.45) is 0 Å². The molecule has 0 radical (unpaired) electrons. The number of amides is 1. The molecule has 0 saturated heterocycles. The Morgan fingerprint density at radius 2 is 2.10 bits per heavy atom. The number of anilines is 1. The van der Waals surface area contributed by atoms with Crippen molar-refractivity contribution in [3.05, 3.63) is 59.9 Å². The zero-order valence-electron chi connectivity index (χ0n) is 15.9. The van der Waals surface area contributed by atoms with Crippen LogP contribution in [0.5, 0.6) is 0 Å². The maximum absolute atomic E-state index is 13.6. The number of benzene rings is 1. The van der Waals surface area contributed by atoms with E-state index in [0.717, 1.165) is 0 Å². The summed E-state index contributed by atoms with van der Waals surface area (Å²) < 4.78 is 23.8. The Kier molecular flexibility index (Phi) is 6.28. The third-order valence-corrected chi connectivity index (χ3v) is 4.02. The molecule has 0 aliphatic rings. The first kappa shape index (κ1) is 20.1. The summed E-state index contributed by atoms with van der Waals surface area (Å²) in [6.07, 6.45) is 0.690. The van der Waals surface area contributed by atoms with E-state index in [-0.39, 0.29) is 24.4 Å². The van der Waals surface area contributed by atoms with Gasteiger partial charge in [0.1, 0.15) is 11.5 Å². The first-order valence-electron chi connectivity index (χ1n) is 8.93. The van der Waals surface area contributed by atoms with Gasteiger partial charge in [-0.1, -0.05) is 17.3 Å². The Hall–Kier alpha value is -3.62. The number of hydrogen-bond acceptors (Lipinski definition) is 7. The van der Waals surface area contributed by atoms with Gasteiger partial charge in [0.25, 0.3) is 5.91 Å². The molecule has 1 atom stereocenters. The Balaban J connectivity index is 1.48. The fourth-order valence-electron chi connectivity index (χ4n) is 2.39. The van der Waals surface area contributed by atoms with Gasteiger partial charge in [-0.3, -0.25) is 14.6 Å². The van der Waals surface area contributed by atoms with Crippen LogP contribution in [-0.2, 0) is 20.7 Å². The monoisotopic (exact) mass is 398 g/mol. The van der Waals surface area contributed by atoms with Gasteiger partial charge < -0.3 is 14.6 Å². The van der Waals surface area contributed by atoms with Gasteiger partial charge in [-0.05, 0) is 43.7 Å². The van der Waals surface area contributed by atoms with E-state index >= 15 is 0 Å². The molecule has 1 N–H and O–H groups in total. The standard InChI is InChI=1S/C20H19FN4O4/c1-12-6-7-14(11-15(12)21)23-20(27)13(2)28-18(26)9-8-17-24-19(25-29-17)16-5-3-4-10-22-16/h3-7,10-11,13H,8-9H2,1-2H3,(H,23,27). The van der Waals surface area contributed by atoms with Gasteiger partial charge in [0.2, 0.25) is 11.7 Å². The number of ether oxygens (including phenoxy) is 1. The normalized spacial score (nSPS) is 11.7.